The molecule has 1 fully saturated rings. The summed E-state index contributed by atoms with van der Waals surface area (Å²) in [7, 11) is 0. The van der Waals surface area contributed by atoms with Gasteiger partial charge in [-0.2, -0.15) is 0 Å². The van der Waals surface area contributed by atoms with Crippen molar-refractivity contribution in [3.63, 3.8) is 0 Å². The second-order valence-electron chi connectivity index (χ2n) is 4.20. The minimum Gasteiger partial charge on any atom is -0.103 e. The van der Waals surface area contributed by atoms with Crippen molar-refractivity contribution in [1.82, 2.24) is 0 Å². The first-order valence-electron chi connectivity index (χ1n) is 4.94. The smallest absolute Gasteiger partial charge is 0.0202 e. The number of hydrogen-bond donors (Lipinski definition) is 0. The molecule has 0 spiro atoms. The highest BCUT2D eigenvalue weighted by Gasteiger charge is 2.29. The van der Waals surface area contributed by atoms with Crippen LogP contribution in [0.25, 0.3) is 0 Å². The van der Waals surface area contributed by atoms with E-state index in [1.807, 2.05) is 0 Å². The Morgan fingerprint density at radius 2 is 1.75 bits per heavy atom. The van der Waals surface area contributed by atoms with Gasteiger partial charge in [0.05, 0.1) is 0 Å². The highest BCUT2D eigenvalue weighted by molar-refractivity contribution is 4.95. The van der Waals surface area contributed by atoms with E-state index < -0.39 is 0 Å². The van der Waals surface area contributed by atoms with Gasteiger partial charge >= 0.3 is 0 Å². The zero-order valence-electron chi connectivity index (χ0n) is 8.29. The summed E-state index contributed by atoms with van der Waals surface area (Å²) in [4.78, 5) is 0. The van der Waals surface area contributed by atoms with E-state index in [-0.39, 0.29) is 0 Å². The zero-order valence-corrected chi connectivity index (χ0v) is 8.29. The topological polar surface area (TPSA) is 0 Å². The fourth-order valence-electron chi connectivity index (χ4n) is 2.28. The lowest BCUT2D eigenvalue weighted by Gasteiger charge is -2.36. The number of allylic oxidation sites excluding steroid dienone is 2. The summed E-state index contributed by atoms with van der Waals surface area (Å²) >= 11 is 0. The molecule has 0 aromatic heterocycles. The van der Waals surface area contributed by atoms with Gasteiger partial charge in [0.2, 0.25) is 0 Å². The predicted molar refractivity (Wildman–Crippen MR) is 54.9 cm³/mol. The van der Waals surface area contributed by atoms with Crippen molar-refractivity contribution in [1.29, 1.82) is 0 Å². The van der Waals surface area contributed by atoms with E-state index in [0.717, 1.165) is 17.8 Å². The molecule has 0 aromatic rings. The summed E-state index contributed by atoms with van der Waals surface area (Å²) in [5.74, 6) is 3.06. The van der Waals surface area contributed by atoms with Crippen molar-refractivity contribution < 1.29 is 0 Å². The minimum atomic E-state index is 0.705. The molecule has 0 N–H and O–H groups in total. The Morgan fingerprint density at radius 3 is 2.25 bits per heavy atom. The molecular weight excluding hydrogens is 144 g/mol. The van der Waals surface area contributed by atoms with E-state index in [4.69, 9.17) is 0 Å². The van der Waals surface area contributed by atoms with Gasteiger partial charge in [0.1, 0.15) is 0 Å². The Balaban J connectivity index is 2.63. The van der Waals surface area contributed by atoms with Crippen LogP contribution in [-0.2, 0) is 0 Å². The third-order valence-electron chi connectivity index (χ3n) is 3.46. The lowest BCUT2D eigenvalue weighted by molar-refractivity contribution is 0.184. The molecule has 0 heterocycles. The average molecular weight is 164 g/mol. The largest absolute Gasteiger partial charge is 0.103 e. The Kier molecular flexibility index (Phi) is 3.13. The highest BCUT2D eigenvalue weighted by Crippen LogP contribution is 2.38. The van der Waals surface area contributed by atoms with Crippen molar-refractivity contribution in [3.8, 4) is 0 Å². The van der Waals surface area contributed by atoms with Gasteiger partial charge in [-0.3, -0.25) is 0 Å². The quantitative estimate of drug-likeness (QED) is 0.546. The fraction of sp³-hybridized carbons (Fsp3) is 0.667. The molecule has 68 valence electrons. The van der Waals surface area contributed by atoms with Crippen LogP contribution in [0.3, 0.4) is 0 Å². The van der Waals surface area contributed by atoms with Gasteiger partial charge in [-0.15, -0.1) is 13.2 Å². The monoisotopic (exact) mass is 164 g/mol. The van der Waals surface area contributed by atoms with Crippen LogP contribution in [-0.4, -0.2) is 0 Å². The van der Waals surface area contributed by atoms with Gasteiger partial charge in [0, 0.05) is 0 Å². The molecule has 0 aromatic carbocycles. The zero-order chi connectivity index (χ0) is 9.14. The van der Waals surface area contributed by atoms with E-state index in [0.29, 0.717) is 5.92 Å². The van der Waals surface area contributed by atoms with Gasteiger partial charge in [-0.25, -0.2) is 0 Å². The molecule has 1 aliphatic carbocycles. The molecule has 0 heteroatoms. The third-order valence-corrected chi connectivity index (χ3v) is 3.46. The van der Waals surface area contributed by atoms with E-state index in [1.54, 1.807) is 0 Å². The second-order valence-corrected chi connectivity index (χ2v) is 4.20. The van der Waals surface area contributed by atoms with Gasteiger partial charge in [-0.1, -0.05) is 26.0 Å². The van der Waals surface area contributed by atoms with Crippen LogP contribution in [0, 0.1) is 23.7 Å². The van der Waals surface area contributed by atoms with Gasteiger partial charge in [-0.05, 0) is 36.5 Å². The third kappa shape index (κ3) is 1.80. The first kappa shape index (κ1) is 9.57. The molecule has 12 heavy (non-hydrogen) atoms. The summed E-state index contributed by atoms with van der Waals surface area (Å²) in [5, 5.41) is 0. The molecule has 0 amide bonds. The van der Waals surface area contributed by atoms with Crippen molar-refractivity contribution in [2.24, 2.45) is 23.7 Å². The molecule has 4 atom stereocenters. The predicted octanol–water partition coefficient (Wildman–Crippen LogP) is 3.66. The summed E-state index contributed by atoms with van der Waals surface area (Å²) in [6.45, 7) is 12.5. The van der Waals surface area contributed by atoms with Gasteiger partial charge in [0.25, 0.3) is 0 Å². The Hall–Kier alpha value is -0.520. The van der Waals surface area contributed by atoms with Crippen LogP contribution in [0.15, 0.2) is 25.3 Å². The number of rotatable bonds is 2. The first-order valence-corrected chi connectivity index (χ1v) is 4.94. The van der Waals surface area contributed by atoms with Crippen LogP contribution >= 0.6 is 0 Å². The van der Waals surface area contributed by atoms with Crippen LogP contribution in [0.5, 0.6) is 0 Å². The summed E-state index contributed by atoms with van der Waals surface area (Å²) in [6, 6.07) is 0. The van der Waals surface area contributed by atoms with E-state index in [1.165, 1.54) is 12.8 Å². The highest BCUT2D eigenvalue weighted by atomic mass is 14.3. The molecule has 1 aliphatic rings. The molecular formula is C12H20. The fourth-order valence-corrected chi connectivity index (χ4v) is 2.28. The van der Waals surface area contributed by atoms with Crippen LogP contribution in [0.4, 0.5) is 0 Å². The molecule has 0 radical (unpaired) electrons. The summed E-state index contributed by atoms with van der Waals surface area (Å²) in [5.41, 5.74) is 0. The van der Waals surface area contributed by atoms with Crippen LogP contribution in [0.2, 0.25) is 0 Å². The Bertz CT molecular complexity index is 169. The van der Waals surface area contributed by atoms with Crippen molar-refractivity contribution in [2.75, 3.05) is 0 Å². The molecule has 0 bridgehead atoms. The Morgan fingerprint density at radius 1 is 1.08 bits per heavy atom. The molecule has 1 saturated carbocycles. The average Bonchev–Trinajstić information content (AvgIpc) is 2.09. The molecule has 0 unspecified atom stereocenters. The maximum absolute atomic E-state index is 3.90. The second kappa shape index (κ2) is 3.93. The first-order chi connectivity index (χ1) is 5.69. The number of hydrogen-bond acceptors (Lipinski definition) is 0. The van der Waals surface area contributed by atoms with E-state index in [9.17, 15) is 0 Å². The van der Waals surface area contributed by atoms with Crippen molar-refractivity contribution in [3.05, 3.63) is 25.3 Å². The van der Waals surface area contributed by atoms with Crippen molar-refractivity contribution in [2.45, 2.75) is 26.7 Å². The molecule has 1 rings (SSSR count). The molecule has 0 aliphatic heterocycles. The summed E-state index contributed by atoms with van der Waals surface area (Å²) < 4.78 is 0. The minimum absolute atomic E-state index is 0.705. The lowest BCUT2D eigenvalue weighted by atomic mass is 9.69. The normalized spacial score (nSPS) is 42.2. The van der Waals surface area contributed by atoms with Gasteiger partial charge < -0.3 is 0 Å². The lowest BCUT2D eigenvalue weighted by Crippen LogP contribution is -2.27. The van der Waals surface area contributed by atoms with Gasteiger partial charge in [0.15, 0.2) is 0 Å². The SMILES string of the molecule is C=C[C@@H]1C[C@H](C)[C@H](C)[C@@H](C=C)C1. The van der Waals surface area contributed by atoms with Crippen molar-refractivity contribution >= 4 is 0 Å². The molecule has 0 nitrogen and oxygen atoms in total. The van der Waals surface area contributed by atoms with E-state index >= 15 is 0 Å². The maximum Gasteiger partial charge on any atom is -0.0202 e. The van der Waals surface area contributed by atoms with Crippen LogP contribution in [0.1, 0.15) is 26.7 Å². The maximum atomic E-state index is 3.90. The van der Waals surface area contributed by atoms with Crippen LogP contribution < -0.4 is 0 Å². The summed E-state index contributed by atoms with van der Waals surface area (Å²) in [6.07, 6.45) is 6.81. The molecule has 0 saturated heterocycles. The standard InChI is InChI=1S/C12H20/c1-5-11-7-9(3)10(4)12(6-2)8-11/h5-6,9-12H,1-2,7-8H2,3-4H3/t9-,10-,11+,12-/m0/s1. The Labute approximate surface area is 76.4 Å². The van der Waals surface area contributed by atoms with E-state index in [2.05, 4.69) is 39.2 Å².